The van der Waals surface area contributed by atoms with Crippen molar-refractivity contribution in [1.82, 2.24) is 5.43 Å². The van der Waals surface area contributed by atoms with E-state index in [4.69, 9.17) is 4.74 Å². The van der Waals surface area contributed by atoms with Gasteiger partial charge in [-0.25, -0.2) is 5.43 Å². The number of carbonyl (C=O) groups is 1. The summed E-state index contributed by atoms with van der Waals surface area (Å²) in [5.74, 6) is 0.577. The molecule has 2 rings (SSSR count). The molecule has 0 saturated carbocycles. The standard InChI is InChI=1S/C18H20N2O2/c1-13-8-9-15(14(2)10-13)11-18(21)20-19-12-16-6-4-5-7-17(16)22-3/h4-10,12H,11H2,1-3H3,(H,20,21)/b19-12+. The molecule has 0 bridgehead atoms. The predicted molar refractivity (Wildman–Crippen MR) is 88.4 cm³/mol. The van der Waals surface area contributed by atoms with E-state index in [1.807, 2.05) is 50.2 Å². The first-order valence-corrected chi connectivity index (χ1v) is 7.11. The average molecular weight is 296 g/mol. The number of hydrazone groups is 1. The summed E-state index contributed by atoms with van der Waals surface area (Å²) in [6.07, 6.45) is 1.90. The van der Waals surface area contributed by atoms with Gasteiger partial charge in [-0.2, -0.15) is 5.10 Å². The number of hydrogen-bond acceptors (Lipinski definition) is 3. The van der Waals surface area contributed by atoms with Gasteiger partial charge in [0.1, 0.15) is 5.75 Å². The van der Waals surface area contributed by atoms with Crippen molar-refractivity contribution in [2.24, 2.45) is 5.10 Å². The lowest BCUT2D eigenvalue weighted by Gasteiger charge is -2.06. The summed E-state index contributed by atoms with van der Waals surface area (Å²) >= 11 is 0. The molecule has 0 heterocycles. The van der Waals surface area contributed by atoms with E-state index >= 15 is 0 Å². The maximum absolute atomic E-state index is 11.9. The van der Waals surface area contributed by atoms with Crippen molar-refractivity contribution in [2.45, 2.75) is 20.3 Å². The molecule has 0 atom stereocenters. The van der Waals surface area contributed by atoms with Gasteiger partial charge in [-0.05, 0) is 37.1 Å². The fourth-order valence-electron chi connectivity index (χ4n) is 2.20. The van der Waals surface area contributed by atoms with Gasteiger partial charge < -0.3 is 4.74 Å². The quantitative estimate of drug-likeness (QED) is 0.681. The Balaban J connectivity index is 1.96. The molecule has 4 heteroatoms. The van der Waals surface area contributed by atoms with Gasteiger partial charge in [0.05, 0.1) is 19.7 Å². The Kier molecular flexibility index (Phi) is 5.31. The largest absolute Gasteiger partial charge is 0.496 e. The molecule has 0 radical (unpaired) electrons. The van der Waals surface area contributed by atoms with E-state index in [9.17, 15) is 4.79 Å². The van der Waals surface area contributed by atoms with Crippen LogP contribution < -0.4 is 10.2 Å². The summed E-state index contributed by atoms with van der Waals surface area (Å²) < 4.78 is 5.22. The van der Waals surface area contributed by atoms with Crippen LogP contribution in [0.5, 0.6) is 5.75 Å². The zero-order valence-electron chi connectivity index (χ0n) is 13.1. The van der Waals surface area contributed by atoms with E-state index < -0.39 is 0 Å². The van der Waals surface area contributed by atoms with Gasteiger partial charge in [-0.15, -0.1) is 0 Å². The van der Waals surface area contributed by atoms with Crippen LogP contribution in [0, 0.1) is 13.8 Å². The third kappa shape index (κ3) is 4.19. The van der Waals surface area contributed by atoms with Crippen LogP contribution >= 0.6 is 0 Å². The highest BCUT2D eigenvalue weighted by Gasteiger charge is 2.05. The van der Waals surface area contributed by atoms with Gasteiger partial charge in [-0.3, -0.25) is 4.79 Å². The Hall–Kier alpha value is -2.62. The van der Waals surface area contributed by atoms with Crippen LogP contribution in [0.2, 0.25) is 0 Å². The number of aryl methyl sites for hydroxylation is 2. The van der Waals surface area contributed by atoms with Gasteiger partial charge in [0.25, 0.3) is 0 Å². The van der Waals surface area contributed by atoms with E-state index in [0.29, 0.717) is 6.42 Å². The molecule has 0 aliphatic rings. The van der Waals surface area contributed by atoms with Crippen molar-refractivity contribution < 1.29 is 9.53 Å². The molecule has 1 N–H and O–H groups in total. The van der Waals surface area contributed by atoms with Gasteiger partial charge >= 0.3 is 0 Å². The van der Waals surface area contributed by atoms with Gasteiger partial charge in [0.2, 0.25) is 5.91 Å². The molecule has 0 aromatic heterocycles. The van der Waals surface area contributed by atoms with Crippen LogP contribution in [0.25, 0.3) is 0 Å². The van der Waals surface area contributed by atoms with E-state index in [0.717, 1.165) is 22.4 Å². The second kappa shape index (κ2) is 7.41. The minimum Gasteiger partial charge on any atom is -0.496 e. The summed E-state index contributed by atoms with van der Waals surface area (Å²) in [6, 6.07) is 13.6. The molecule has 1 amide bonds. The van der Waals surface area contributed by atoms with Crippen molar-refractivity contribution in [2.75, 3.05) is 7.11 Å². The third-order valence-electron chi connectivity index (χ3n) is 3.38. The van der Waals surface area contributed by atoms with Gasteiger partial charge in [0.15, 0.2) is 0 Å². The van der Waals surface area contributed by atoms with Gasteiger partial charge in [0, 0.05) is 5.56 Å². The van der Waals surface area contributed by atoms with Crippen molar-refractivity contribution >= 4 is 12.1 Å². The summed E-state index contributed by atoms with van der Waals surface area (Å²) in [5.41, 5.74) is 6.68. The summed E-state index contributed by atoms with van der Waals surface area (Å²) in [4.78, 5) is 11.9. The van der Waals surface area contributed by atoms with E-state index in [-0.39, 0.29) is 5.91 Å². The molecular weight excluding hydrogens is 276 g/mol. The Labute approximate surface area is 130 Å². The lowest BCUT2D eigenvalue weighted by molar-refractivity contribution is -0.120. The first-order valence-electron chi connectivity index (χ1n) is 7.11. The molecule has 2 aromatic rings. The molecule has 0 aliphatic heterocycles. The van der Waals surface area contributed by atoms with Crippen LogP contribution in [0.3, 0.4) is 0 Å². The number of carbonyl (C=O) groups excluding carboxylic acids is 1. The molecule has 0 unspecified atom stereocenters. The van der Waals surface area contributed by atoms with E-state index in [1.54, 1.807) is 13.3 Å². The fourth-order valence-corrected chi connectivity index (χ4v) is 2.20. The Bertz CT molecular complexity index is 693. The summed E-state index contributed by atoms with van der Waals surface area (Å²) in [6.45, 7) is 4.04. The monoisotopic (exact) mass is 296 g/mol. The Morgan fingerprint density at radius 1 is 1.23 bits per heavy atom. The minimum absolute atomic E-state index is 0.141. The van der Waals surface area contributed by atoms with E-state index in [1.165, 1.54) is 5.56 Å². The molecular formula is C18H20N2O2. The van der Waals surface area contributed by atoms with Crippen LogP contribution in [0.15, 0.2) is 47.6 Å². The third-order valence-corrected chi connectivity index (χ3v) is 3.38. The number of ether oxygens (including phenoxy) is 1. The molecule has 0 aliphatic carbocycles. The summed E-state index contributed by atoms with van der Waals surface area (Å²) in [7, 11) is 1.60. The Morgan fingerprint density at radius 3 is 2.73 bits per heavy atom. The number of nitrogens with one attached hydrogen (secondary N) is 1. The van der Waals surface area contributed by atoms with Gasteiger partial charge in [-0.1, -0.05) is 35.9 Å². The van der Waals surface area contributed by atoms with Crippen molar-refractivity contribution in [1.29, 1.82) is 0 Å². The maximum Gasteiger partial charge on any atom is 0.244 e. The molecule has 0 saturated heterocycles. The van der Waals surface area contributed by atoms with Crippen molar-refractivity contribution in [3.05, 3.63) is 64.7 Å². The van der Waals surface area contributed by atoms with Crippen LogP contribution in [-0.4, -0.2) is 19.2 Å². The zero-order chi connectivity index (χ0) is 15.9. The van der Waals surface area contributed by atoms with E-state index in [2.05, 4.69) is 16.6 Å². The van der Waals surface area contributed by atoms with Crippen LogP contribution in [0.1, 0.15) is 22.3 Å². The molecule has 22 heavy (non-hydrogen) atoms. The number of amides is 1. The number of methoxy groups -OCH3 is 1. The number of rotatable bonds is 5. The van der Waals surface area contributed by atoms with Crippen LogP contribution in [0.4, 0.5) is 0 Å². The number of nitrogens with zero attached hydrogens (tertiary/aromatic N) is 1. The first kappa shape index (κ1) is 15.8. The highest BCUT2D eigenvalue weighted by molar-refractivity contribution is 5.85. The van der Waals surface area contributed by atoms with Crippen molar-refractivity contribution in [3.63, 3.8) is 0 Å². The second-order valence-corrected chi connectivity index (χ2v) is 5.14. The minimum atomic E-state index is -0.141. The molecule has 2 aromatic carbocycles. The topological polar surface area (TPSA) is 50.7 Å². The molecule has 0 fully saturated rings. The highest BCUT2D eigenvalue weighted by Crippen LogP contribution is 2.14. The first-order chi connectivity index (χ1) is 10.6. The lowest BCUT2D eigenvalue weighted by Crippen LogP contribution is -2.20. The predicted octanol–water partition coefficient (Wildman–Crippen LogP) is 3.00. The average Bonchev–Trinajstić information content (AvgIpc) is 2.50. The maximum atomic E-state index is 11.9. The summed E-state index contributed by atoms with van der Waals surface area (Å²) in [5, 5.41) is 3.99. The lowest BCUT2D eigenvalue weighted by atomic mass is 10.0. The number of benzene rings is 2. The fraction of sp³-hybridized carbons (Fsp3) is 0.222. The highest BCUT2D eigenvalue weighted by atomic mass is 16.5. The molecule has 114 valence electrons. The number of hydrogen-bond donors (Lipinski definition) is 1. The SMILES string of the molecule is COc1ccccc1/C=N/NC(=O)Cc1ccc(C)cc1C. The normalized spacial score (nSPS) is 10.7. The smallest absolute Gasteiger partial charge is 0.244 e. The number of para-hydroxylation sites is 1. The molecule has 0 spiro atoms. The Morgan fingerprint density at radius 2 is 2.00 bits per heavy atom. The second-order valence-electron chi connectivity index (χ2n) is 5.14. The van der Waals surface area contributed by atoms with Crippen LogP contribution in [-0.2, 0) is 11.2 Å². The van der Waals surface area contributed by atoms with Crippen molar-refractivity contribution in [3.8, 4) is 5.75 Å². The molecule has 4 nitrogen and oxygen atoms in total. The zero-order valence-corrected chi connectivity index (χ0v) is 13.1.